The fourth-order valence-corrected chi connectivity index (χ4v) is 3.20. The molecule has 1 aromatic heterocycles. The van der Waals surface area contributed by atoms with Crippen molar-refractivity contribution in [1.82, 2.24) is 14.7 Å². The molecule has 134 valence electrons. The van der Waals surface area contributed by atoms with Crippen LogP contribution in [0.4, 0.5) is 5.69 Å². The SMILES string of the molecule is CC[C@H]1CN(CC(=O)Nc2c(C)nn(-c3ccccc3)c2C)CCO1. The van der Waals surface area contributed by atoms with Crippen LogP contribution in [0.5, 0.6) is 0 Å². The molecule has 1 saturated heterocycles. The molecule has 0 spiro atoms. The van der Waals surface area contributed by atoms with Crippen LogP contribution in [-0.4, -0.2) is 52.9 Å². The van der Waals surface area contributed by atoms with Crippen LogP contribution in [0.2, 0.25) is 0 Å². The van der Waals surface area contributed by atoms with Crippen LogP contribution in [0.25, 0.3) is 5.69 Å². The van der Waals surface area contributed by atoms with Crippen molar-refractivity contribution in [3.63, 3.8) is 0 Å². The predicted molar refractivity (Wildman–Crippen MR) is 98.1 cm³/mol. The second-order valence-electron chi connectivity index (χ2n) is 6.48. The molecule has 1 aliphatic rings. The topological polar surface area (TPSA) is 59.4 Å². The van der Waals surface area contributed by atoms with Gasteiger partial charge in [0.15, 0.2) is 0 Å². The molecule has 2 aromatic rings. The summed E-state index contributed by atoms with van der Waals surface area (Å²) in [5.74, 6) is -0.00411. The lowest BCUT2D eigenvalue weighted by Gasteiger charge is -2.31. The third-order valence-electron chi connectivity index (χ3n) is 4.60. The Balaban J connectivity index is 1.68. The van der Waals surface area contributed by atoms with E-state index in [1.807, 2.05) is 48.9 Å². The average Bonchev–Trinajstić information content (AvgIpc) is 2.91. The molecule has 1 aliphatic heterocycles. The highest BCUT2D eigenvalue weighted by atomic mass is 16.5. The standard InChI is InChI=1S/C19H26N4O2/c1-4-17-12-22(10-11-25-17)13-18(24)20-19-14(2)21-23(15(19)3)16-8-6-5-7-9-16/h5-9,17H,4,10-13H2,1-3H3,(H,20,24)/t17-/m0/s1. The highest BCUT2D eigenvalue weighted by molar-refractivity contribution is 5.93. The van der Waals surface area contributed by atoms with E-state index in [-0.39, 0.29) is 12.0 Å². The highest BCUT2D eigenvalue weighted by Crippen LogP contribution is 2.22. The first kappa shape index (κ1) is 17.6. The average molecular weight is 342 g/mol. The van der Waals surface area contributed by atoms with Crippen LogP contribution >= 0.6 is 0 Å². The van der Waals surface area contributed by atoms with Crippen LogP contribution in [0.1, 0.15) is 24.7 Å². The van der Waals surface area contributed by atoms with Crippen molar-refractivity contribution in [2.75, 3.05) is 31.6 Å². The minimum absolute atomic E-state index is 0.00411. The van der Waals surface area contributed by atoms with Crippen LogP contribution in [0.3, 0.4) is 0 Å². The summed E-state index contributed by atoms with van der Waals surface area (Å²) in [6.45, 7) is 8.69. The van der Waals surface area contributed by atoms with E-state index >= 15 is 0 Å². The van der Waals surface area contributed by atoms with Crippen molar-refractivity contribution in [2.24, 2.45) is 0 Å². The predicted octanol–water partition coefficient (Wildman–Crippen LogP) is 2.54. The molecular formula is C19H26N4O2. The van der Waals surface area contributed by atoms with Crippen LogP contribution in [0.15, 0.2) is 30.3 Å². The van der Waals surface area contributed by atoms with E-state index in [0.29, 0.717) is 13.2 Å². The lowest BCUT2D eigenvalue weighted by molar-refractivity contribution is -0.119. The molecule has 25 heavy (non-hydrogen) atoms. The van der Waals surface area contributed by atoms with Gasteiger partial charge in [0.25, 0.3) is 0 Å². The van der Waals surface area contributed by atoms with Gasteiger partial charge in [-0.1, -0.05) is 25.1 Å². The summed E-state index contributed by atoms with van der Waals surface area (Å²) in [6.07, 6.45) is 1.20. The van der Waals surface area contributed by atoms with E-state index in [2.05, 4.69) is 22.2 Å². The van der Waals surface area contributed by atoms with E-state index < -0.39 is 0 Å². The first-order chi connectivity index (χ1) is 12.1. The minimum atomic E-state index is -0.00411. The van der Waals surface area contributed by atoms with Gasteiger partial charge in [-0.2, -0.15) is 5.10 Å². The normalized spacial score (nSPS) is 18.3. The first-order valence-electron chi connectivity index (χ1n) is 8.84. The van der Waals surface area contributed by atoms with Crippen molar-refractivity contribution in [2.45, 2.75) is 33.3 Å². The number of hydrogen-bond donors (Lipinski definition) is 1. The van der Waals surface area contributed by atoms with Gasteiger partial charge < -0.3 is 10.1 Å². The van der Waals surface area contributed by atoms with E-state index in [4.69, 9.17) is 4.74 Å². The Bertz CT molecular complexity index is 727. The van der Waals surface area contributed by atoms with Gasteiger partial charge in [-0.15, -0.1) is 0 Å². The number of aromatic nitrogens is 2. The summed E-state index contributed by atoms with van der Waals surface area (Å²) < 4.78 is 7.53. The van der Waals surface area contributed by atoms with Crippen molar-refractivity contribution >= 4 is 11.6 Å². The Hall–Kier alpha value is -2.18. The maximum atomic E-state index is 12.5. The zero-order chi connectivity index (χ0) is 17.8. The zero-order valence-electron chi connectivity index (χ0n) is 15.2. The number of ether oxygens (including phenoxy) is 1. The second-order valence-corrected chi connectivity index (χ2v) is 6.48. The highest BCUT2D eigenvalue weighted by Gasteiger charge is 2.22. The van der Waals surface area contributed by atoms with Gasteiger partial charge in [-0.25, -0.2) is 4.68 Å². The Morgan fingerprint density at radius 2 is 2.08 bits per heavy atom. The maximum absolute atomic E-state index is 12.5. The fourth-order valence-electron chi connectivity index (χ4n) is 3.20. The number of anilines is 1. The zero-order valence-corrected chi connectivity index (χ0v) is 15.2. The molecule has 1 aromatic carbocycles. The summed E-state index contributed by atoms with van der Waals surface area (Å²) in [5, 5.41) is 7.62. The minimum Gasteiger partial charge on any atom is -0.376 e. The molecule has 6 nitrogen and oxygen atoms in total. The lowest BCUT2D eigenvalue weighted by atomic mass is 10.2. The molecule has 1 fully saturated rings. The number of carbonyl (C=O) groups is 1. The smallest absolute Gasteiger partial charge is 0.238 e. The summed E-state index contributed by atoms with van der Waals surface area (Å²) in [4.78, 5) is 14.6. The van der Waals surface area contributed by atoms with Gasteiger partial charge in [-0.3, -0.25) is 9.69 Å². The Kier molecular flexibility index (Phi) is 5.50. The fraction of sp³-hybridized carbons (Fsp3) is 0.474. The Morgan fingerprint density at radius 3 is 2.80 bits per heavy atom. The Morgan fingerprint density at radius 1 is 1.32 bits per heavy atom. The van der Waals surface area contributed by atoms with Gasteiger partial charge in [-0.05, 0) is 32.4 Å². The number of hydrogen-bond acceptors (Lipinski definition) is 4. The lowest BCUT2D eigenvalue weighted by Crippen LogP contribution is -2.45. The van der Waals surface area contributed by atoms with Gasteiger partial charge >= 0.3 is 0 Å². The molecule has 0 aliphatic carbocycles. The molecule has 3 rings (SSSR count). The quantitative estimate of drug-likeness (QED) is 0.907. The molecule has 0 bridgehead atoms. The van der Waals surface area contributed by atoms with Gasteiger partial charge in [0, 0.05) is 13.1 Å². The van der Waals surface area contributed by atoms with Crippen molar-refractivity contribution in [3.8, 4) is 5.69 Å². The third-order valence-corrected chi connectivity index (χ3v) is 4.60. The molecule has 0 radical (unpaired) electrons. The monoisotopic (exact) mass is 342 g/mol. The maximum Gasteiger partial charge on any atom is 0.238 e. The van der Waals surface area contributed by atoms with E-state index in [0.717, 1.165) is 42.3 Å². The summed E-state index contributed by atoms with van der Waals surface area (Å²) in [7, 11) is 0. The number of amides is 1. The van der Waals surface area contributed by atoms with E-state index in [1.54, 1.807) is 0 Å². The van der Waals surface area contributed by atoms with Gasteiger partial charge in [0.05, 0.1) is 42.0 Å². The number of morpholine rings is 1. The molecular weight excluding hydrogens is 316 g/mol. The number of para-hydroxylation sites is 1. The Labute approximate surface area is 148 Å². The number of rotatable bonds is 5. The van der Waals surface area contributed by atoms with Gasteiger partial charge in [0.2, 0.25) is 5.91 Å². The summed E-state index contributed by atoms with van der Waals surface area (Å²) in [5.41, 5.74) is 3.55. The molecule has 2 heterocycles. The second kappa shape index (κ2) is 7.80. The van der Waals surface area contributed by atoms with Crippen molar-refractivity contribution in [3.05, 3.63) is 41.7 Å². The summed E-state index contributed by atoms with van der Waals surface area (Å²) in [6, 6.07) is 9.94. The molecule has 1 N–H and O–H groups in total. The number of nitrogens with one attached hydrogen (secondary N) is 1. The molecule has 6 heteroatoms. The van der Waals surface area contributed by atoms with Crippen LogP contribution < -0.4 is 5.32 Å². The molecule has 1 amide bonds. The molecule has 0 unspecified atom stereocenters. The largest absolute Gasteiger partial charge is 0.376 e. The molecule has 1 atom stereocenters. The molecule has 0 saturated carbocycles. The van der Waals surface area contributed by atoms with Crippen LogP contribution in [0, 0.1) is 13.8 Å². The van der Waals surface area contributed by atoms with Crippen molar-refractivity contribution < 1.29 is 9.53 Å². The van der Waals surface area contributed by atoms with E-state index in [1.165, 1.54) is 0 Å². The number of carbonyl (C=O) groups excluding carboxylic acids is 1. The number of nitrogens with zero attached hydrogens (tertiary/aromatic N) is 3. The van der Waals surface area contributed by atoms with Crippen molar-refractivity contribution in [1.29, 1.82) is 0 Å². The van der Waals surface area contributed by atoms with Crippen LogP contribution in [-0.2, 0) is 9.53 Å². The first-order valence-corrected chi connectivity index (χ1v) is 8.84. The number of aryl methyl sites for hydroxylation is 1. The summed E-state index contributed by atoms with van der Waals surface area (Å²) >= 11 is 0. The van der Waals surface area contributed by atoms with Gasteiger partial charge in [0.1, 0.15) is 0 Å². The third kappa shape index (κ3) is 4.08. The number of benzene rings is 1. The van der Waals surface area contributed by atoms with E-state index in [9.17, 15) is 4.79 Å².